The van der Waals surface area contributed by atoms with Crippen LogP contribution in [0.5, 0.6) is 5.75 Å². The number of ether oxygens (including phenoxy) is 2. The van der Waals surface area contributed by atoms with Crippen molar-refractivity contribution in [3.63, 3.8) is 0 Å². The highest BCUT2D eigenvalue weighted by molar-refractivity contribution is 7.77. The third kappa shape index (κ3) is 10.2. The number of nitrogens with zero attached hydrogens (tertiary/aromatic N) is 2. The van der Waals surface area contributed by atoms with E-state index in [0.717, 1.165) is 62.0 Å². The van der Waals surface area contributed by atoms with Crippen LogP contribution in [0.15, 0.2) is 24.4 Å². The fourth-order valence-electron chi connectivity index (χ4n) is 6.14. The van der Waals surface area contributed by atoms with Gasteiger partial charge < -0.3 is 25.4 Å². The standard InChI is InChI=1S/C32H47N5O8S/c1-32(2,3)45-31(41)35-25(14-8-6-4-5-7-11-20-17-23(20)29(39)36-46(42)43)30(40)37-19-21(18-26(37)28(33)38)44-27-15-16-34-24-13-10-9-12-22(24)27/h7,11,15-16,20-21,23,25-26H,4-6,8-10,12-14,17-19H2,1-3H3,(H2,33,38)(H,35,41)(H,36,39)(H,42,43). The van der Waals surface area contributed by atoms with Crippen LogP contribution in [0.2, 0.25) is 0 Å². The fraction of sp³-hybridized carbons (Fsp3) is 0.656. The smallest absolute Gasteiger partial charge is 0.408 e. The lowest BCUT2D eigenvalue weighted by Gasteiger charge is -2.28. The number of amides is 4. The molecule has 2 aliphatic carbocycles. The van der Waals surface area contributed by atoms with Crippen molar-refractivity contribution in [3.8, 4) is 5.75 Å². The Morgan fingerprint density at radius 1 is 1.17 bits per heavy atom. The Kier molecular flexibility index (Phi) is 12.2. The lowest BCUT2D eigenvalue weighted by atomic mass is 9.95. The van der Waals surface area contributed by atoms with Gasteiger partial charge in [0, 0.05) is 29.8 Å². The average molecular weight is 662 g/mol. The molecule has 0 aromatic carbocycles. The van der Waals surface area contributed by atoms with E-state index in [4.69, 9.17) is 19.8 Å². The highest BCUT2D eigenvalue weighted by Crippen LogP contribution is 2.40. The zero-order chi connectivity index (χ0) is 33.4. The monoisotopic (exact) mass is 661 g/mol. The van der Waals surface area contributed by atoms with Gasteiger partial charge in [-0.15, -0.1) is 0 Å². The molecule has 0 bridgehead atoms. The molecule has 0 spiro atoms. The molecule has 1 aromatic rings. The molecule has 2 heterocycles. The Labute approximate surface area is 272 Å². The van der Waals surface area contributed by atoms with E-state index in [2.05, 4.69) is 10.3 Å². The van der Waals surface area contributed by atoms with Gasteiger partial charge >= 0.3 is 6.09 Å². The maximum absolute atomic E-state index is 13.9. The lowest BCUT2D eigenvalue weighted by molar-refractivity contribution is -0.139. The predicted molar refractivity (Wildman–Crippen MR) is 171 cm³/mol. The number of nitrogens with one attached hydrogen (secondary N) is 2. The third-order valence-electron chi connectivity index (χ3n) is 8.46. The minimum absolute atomic E-state index is 0.0685. The van der Waals surface area contributed by atoms with E-state index >= 15 is 0 Å². The summed E-state index contributed by atoms with van der Waals surface area (Å²) in [5.41, 5.74) is 7.10. The second-order valence-corrected chi connectivity index (χ2v) is 14.0. The third-order valence-corrected chi connectivity index (χ3v) is 8.84. The largest absolute Gasteiger partial charge is 0.488 e. The number of nitrogens with two attached hydrogens (primary N) is 1. The Hall–Kier alpha value is -3.52. The van der Waals surface area contributed by atoms with Crippen LogP contribution >= 0.6 is 0 Å². The molecule has 3 aliphatic rings. The van der Waals surface area contributed by atoms with Gasteiger partial charge in [-0.25, -0.2) is 9.00 Å². The summed E-state index contributed by atoms with van der Waals surface area (Å²) in [5.74, 6) is -0.925. The van der Waals surface area contributed by atoms with Crippen molar-refractivity contribution in [2.45, 2.75) is 115 Å². The molecule has 4 rings (SSSR count). The highest BCUT2D eigenvalue weighted by Gasteiger charge is 2.43. The summed E-state index contributed by atoms with van der Waals surface area (Å²) in [6.07, 6.45) is 12.7. The number of alkyl carbamates (subject to hydrolysis) is 1. The summed E-state index contributed by atoms with van der Waals surface area (Å²) in [5, 5.41) is 2.72. The van der Waals surface area contributed by atoms with Gasteiger partial charge in [-0.2, -0.15) is 0 Å². The summed E-state index contributed by atoms with van der Waals surface area (Å²) in [7, 11) is 0. The van der Waals surface area contributed by atoms with E-state index < -0.39 is 58.9 Å². The molecule has 4 amide bonds. The molecule has 2 fully saturated rings. The Morgan fingerprint density at radius 3 is 2.65 bits per heavy atom. The van der Waals surface area contributed by atoms with Crippen molar-refractivity contribution in [2.24, 2.45) is 17.6 Å². The number of allylic oxidation sites excluding steroid dienone is 2. The average Bonchev–Trinajstić information content (AvgIpc) is 3.63. The van der Waals surface area contributed by atoms with Crippen molar-refractivity contribution in [1.29, 1.82) is 0 Å². The summed E-state index contributed by atoms with van der Waals surface area (Å²) < 4.78 is 33.3. The molecule has 1 aromatic heterocycles. The van der Waals surface area contributed by atoms with Crippen molar-refractivity contribution in [3.05, 3.63) is 35.7 Å². The number of fused-ring (bicyclic) bond motifs is 1. The first-order chi connectivity index (χ1) is 21.8. The highest BCUT2D eigenvalue weighted by atomic mass is 32.2. The van der Waals surface area contributed by atoms with Gasteiger partial charge in [-0.05, 0) is 84.1 Å². The first kappa shape index (κ1) is 35.3. The second kappa shape index (κ2) is 15.9. The number of pyridine rings is 1. The molecule has 0 radical (unpaired) electrons. The Balaban J connectivity index is 1.33. The van der Waals surface area contributed by atoms with Crippen LogP contribution in [-0.4, -0.2) is 72.8 Å². The van der Waals surface area contributed by atoms with Gasteiger partial charge in [0.05, 0.1) is 6.54 Å². The molecule has 13 nitrogen and oxygen atoms in total. The Bertz CT molecular complexity index is 1330. The van der Waals surface area contributed by atoms with Crippen LogP contribution < -0.4 is 20.5 Å². The van der Waals surface area contributed by atoms with E-state index in [1.807, 2.05) is 22.9 Å². The van der Waals surface area contributed by atoms with Gasteiger partial charge in [-0.1, -0.05) is 25.0 Å². The topological polar surface area (TPSA) is 190 Å². The Morgan fingerprint density at radius 2 is 1.93 bits per heavy atom. The first-order valence-corrected chi connectivity index (χ1v) is 17.2. The van der Waals surface area contributed by atoms with Gasteiger partial charge in [0.2, 0.25) is 17.7 Å². The van der Waals surface area contributed by atoms with Crippen LogP contribution in [0.25, 0.3) is 0 Å². The van der Waals surface area contributed by atoms with Gasteiger partial charge in [0.25, 0.3) is 11.3 Å². The number of aromatic nitrogens is 1. The quantitative estimate of drug-likeness (QED) is 0.132. The number of carbonyl (C=O) groups is 4. The first-order valence-electron chi connectivity index (χ1n) is 16.1. The number of hydrogen-bond donors (Lipinski definition) is 4. The summed E-state index contributed by atoms with van der Waals surface area (Å²) >= 11 is -2.35. The van der Waals surface area contributed by atoms with E-state index in [0.29, 0.717) is 19.3 Å². The number of unbranched alkanes of at least 4 members (excludes halogenated alkanes) is 3. The number of hydrogen-bond acceptors (Lipinski definition) is 8. The molecule has 254 valence electrons. The number of carbonyl (C=O) groups excluding carboxylic acids is 4. The van der Waals surface area contributed by atoms with Crippen LogP contribution in [0.4, 0.5) is 4.79 Å². The molecule has 1 aliphatic heterocycles. The van der Waals surface area contributed by atoms with Crippen LogP contribution in [0.1, 0.15) is 89.8 Å². The SMILES string of the molecule is CC(C)(C)OC(=O)NC(CCCCCC=CC1CC1C(=O)NS(=O)O)C(=O)N1CC(Oc2ccnc3c2CCCC3)CC1C(N)=O. The van der Waals surface area contributed by atoms with Gasteiger partial charge in [0.15, 0.2) is 0 Å². The maximum Gasteiger partial charge on any atom is 0.408 e. The van der Waals surface area contributed by atoms with Gasteiger partial charge in [-0.3, -0.25) is 28.6 Å². The van der Waals surface area contributed by atoms with Crippen LogP contribution in [0.3, 0.4) is 0 Å². The zero-order valence-electron chi connectivity index (χ0n) is 26.9. The van der Waals surface area contributed by atoms with Crippen molar-refractivity contribution < 1.29 is 37.4 Å². The molecular weight excluding hydrogens is 614 g/mol. The molecule has 46 heavy (non-hydrogen) atoms. The van der Waals surface area contributed by atoms with Crippen molar-refractivity contribution in [1.82, 2.24) is 19.9 Å². The molecule has 1 saturated heterocycles. The minimum Gasteiger partial charge on any atom is -0.488 e. The van der Waals surface area contributed by atoms with Crippen molar-refractivity contribution >= 4 is 35.1 Å². The number of rotatable bonds is 14. The molecule has 14 heteroatoms. The summed E-state index contributed by atoms with van der Waals surface area (Å²) in [6.45, 7) is 5.38. The van der Waals surface area contributed by atoms with Gasteiger partial charge in [0.1, 0.15) is 29.5 Å². The maximum atomic E-state index is 13.9. The number of aryl methyl sites for hydroxylation is 1. The van der Waals surface area contributed by atoms with Crippen LogP contribution in [-0.2, 0) is 43.2 Å². The number of likely N-dealkylation sites (tertiary alicyclic amines) is 1. The number of primary amides is 1. The molecule has 6 atom stereocenters. The van der Waals surface area contributed by atoms with Crippen molar-refractivity contribution in [2.75, 3.05) is 6.54 Å². The van der Waals surface area contributed by atoms with E-state index in [1.165, 1.54) is 4.90 Å². The minimum atomic E-state index is -2.35. The van der Waals surface area contributed by atoms with E-state index in [-0.39, 0.29) is 24.8 Å². The molecule has 1 saturated carbocycles. The second-order valence-electron chi connectivity index (χ2n) is 13.3. The summed E-state index contributed by atoms with van der Waals surface area (Å²) in [6, 6.07) is 0.0485. The predicted octanol–water partition coefficient (Wildman–Crippen LogP) is 3.08. The molecular formula is C32H47N5O8S. The van der Waals surface area contributed by atoms with E-state index in [9.17, 15) is 23.4 Å². The normalized spacial score (nSPS) is 23.7. The van der Waals surface area contributed by atoms with E-state index in [1.54, 1.807) is 27.0 Å². The molecule has 6 unspecified atom stereocenters. The van der Waals surface area contributed by atoms with Crippen LogP contribution in [0, 0.1) is 11.8 Å². The lowest BCUT2D eigenvalue weighted by Crippen LogP contribution is -2.53. The fourth-order valence-corrected chi connectivity index (χ4v) is 6.46. The zero-order valence-corrected chi connectivity index (χ0v) is 27.7. The molecule has 5 N–H and O–H groups in total. The summed E-state index contributed by atoms with van der Waals surface area (Å²) in [4.78, 5) is 56.8.